The van der Waals surface area contributed by atoms with Crippen molar-refractivity contribution in [3.05, 3.63) is 33.8 Å². The Kier molecular flexibility index (Phi) is 6.72. The van der Waals surface area contributed by atoms with Gasteiger partial charge in [-0.05, 0) is 37.2 Å². The van der Waals surface area contributed by atoms with Gasteiger partial charge in [0.05, 0.1) is 13.2 Å². The highest BCUT2D eigenvalue weighted by Gasteiger charge is 2.55. The minimum absolute atomic E-state index is 0.0135. The van der Waals surface area contributed by atoms with Crippen molar-refractivity contribution in [1.29, 1.82) is 0 Å². The molecule has 1 N–H and O–H groups in total. The van der Waals surface area contributed by atoms with Crippen LogP contribution in [0.3, 0.4) is 0 Å². The van der Waals surface area contributed by atoms with Crippen LogP contribution in [-0.2, 0) is 25.3 Å². The molecule has 1 aliphatic rings. The topological polar surface area (TPSA) is 65.0 Å². The van der Waals surface area contributed by atoms with Crippen molar-refractivity contribution < 1.29 is 23.8 Å². The molecule has 3 atom stereocenters. The molecule has 152 valence electrons. The molecule has 2 rings (SSSR count). The maximum atomic E-state index is 12.1. The molecule has 1 fully saturated rings. The van der Waals surface area contributed by atoms with Gasteiger partial charge in [-0.1, -0.05) is 50.0 Å². The molecule has 0 bridgehead atoms. The van der Waals surface area contributed by atoms with Crippen molar-refractivity contribution >= 4 is 37.5 Å². The molecule has 0 aliphatic carbocycles. The van der Waals surface area contributed by atoms with E-state index in [1.807, 2.05) is 0 Å². The van der Waals surface area contributed by atoms with E-state index < -0.39 is 32.1 Å². The van der Waals surface area contributed by atoms with E-state index in [0.717, 1.165) is 0 Å². The van der Waals surface area contributed by atoms with Crippen LogP contribution >= 0.6 is 23.2 Å². The Balaban J connectivity index is 2.14. The van der Waals surface area contributed by atoms with E-state index in [9.17, 15) is 9.90 Å². The third-order valence-corrected chi connectivity index (χ3v) is 10.7. The maximum Gasteiger partial charge on any atom is 0.341 e. The number of esters is 1. The smallest absolute Gasteiger partial charge is 0.341 e. The van der Waals surface area contributed by atoms with Crippen LogP contribution in [0.1, 0.15) is 33.3 Å². The SMILES string of the molecule is CC(C)(C)[Si](C)(C)OC[C@H]1OC(=O)[C@@](C)(O)[C@@H]1OCc1c(Cl)cccc1Cl. The van der Waals surface area contributed by atoms with E-state index in [4.69, 9.17) is 37.1 Å². The maximum absolute atomic E-state index is 12.1. The summed E-state index contributed by atoms with van der Waals surface area (Å²) in [7, 11) is -2.05. The molecule has 0 radical (unpaired) electrons. The number of hydrogen-bond acceptors (Lipinski definition) is 5. The zero-order chi connectivity index (χ0) is 20.6. The van der Waals surface area contributed by atoms with Gasteiger partial charge < -0.3 is 19.0 Å². The second kappa shape index (κ2) is 8.01. The van der Waals surface area contributed by atoms with E-state index in [-0.39, 0.29) is 18.3 Å². The summed E-state index contributed by atoms with van der Waals surface area (Å²) in [5.74, 6) is -0.721. The molecular weight excluding hydrogens is 407 g/mol. The fourth-order valence-corrected chi connectivity index (χ4v) is 4.06. The highest BCUT2D eigenvalue weighted by molar-refractivity contribution is 6.74. The molecule has 5 nitrogen and oxygen atoms in total. The van der Waals surface area contributed by atoms with E-state index in [2.05, 4.69) is 33.9 Å². The third kappa shape index (κ3) is 4.86. The van der Waals surface area contributed by atoms with Gasteiger partial charge in [0.15, 0.2) is 20.0 Å². The number of aliphatic hydroxyl groups is 1. The fraction of sp³-hybridized carbons (Fsp3) is 0.632. The number of cyclic esters (lactones) is 1. The van der Waals surface area contributed by atoms with Crippen molar-refractivity contribution in [2.75, 3.05) is 6.61 Å². The summed E-state index contributed by atoms with van der Waals surface area (Å²) in [4.78, 5) is 12.1. The van der Waals surface area contributed by atoms with Crippen molar-refractivity contribution in [3.8, 4) is 0 Å². The van der Waals surface area contributed by atoms with E-state index in [1.54, 1.807) is 18.2 Å². The Morgan fingerprint density at radius 1 is 1.26 bits per heavy atom. The van der Waals surface area contributed by atoms with Gasteiger partial charge in [0.1, 0.15) is 6.10 Å². The first-order chi connectivity index (χ1) is 12.3. The Hall–Kier alpha value is -0.633. The first-order valence-electron chi connectivity index (χ1n) is 8.89. The quantitative estimate of drug-likeness (QED) is 0.524. The Morgan fingerprint density at radius 3 is 2.33 bits per heavy atom. The molecule has 8 heteroatoms. The summed E-state index contributed by atoms with van der Waals surface area (Å²) in [5.41, 5.74) is -1.17. The van der Waals surface area contributed by atoms with Crippen molar-refractivity contribution in [3.63, 3.8) is 0 Å². The van der Waals surface area contributed by atoms with Crippen LogP contribution in [-0.4, -0.2) is 43.8 Å². The second-order valence-corrected chi connectivity index (χ2v) is 14.2. The van der Waals surface area contributed by atoms with Crippen LogP contribution in [0.5, 0.6) is 0 Å². The summed E-state index contributed by atoms with van der Waals surface area (Å²) < 4.78 is 17.4. The fourth-order valence-electron chi connectivity index (χ4n) is 2.54. The lowest BCUT2D eigenvalue weighted by Gasteiger charge is -2.37. The molecule has 1 saturated heterocycles. The van der Waals surface area contributed by atoms with Gasteiger partial charge in [0.2, 0.25) is 0 Å². The number of halogens is 2. The number of carbonyl (C=O) groups is 1. The largest absolute Gasteiger partial charge is 0.455 e. The predicted octanol–water partition coefficient (Wildman–Crippen LogP) is 4.58. The summed E-state index contributed by atoms with van der Waals surface area (Å²) >= 11 is 12.4. The molecule has 0 aromatic heterocycles. The summed E-state index contributed by atoms with van der Waals surface area (Å²) in [6, 6.07) is 5.15. The molecule has 0 saturated carbocycles. The van der Waals surface area contributed by atoms with Gasteiger partial charge in [-0.15, -0.1) is 0 Å². The first kappa shape index (κ1) is 22.7. The Morgan fingerprint density at radius 2 is 1.81 bits per heavy atom. The average molecular weight is 435 g/mol. The molecule has 27 heavy (non-hydrogen) atoms. The van der Waals surface area contributed by atoms with E-state index in [1.165, 1.54) is 6.92 Å². The molecule has 0 amide bonds. The molecule has 1 heterocycles. The molecule has 0 spiro atoms. The summed E-state index contributed by atoms with van der Waals surface area (Å²) in [5, 5.41) is 11.5. The van der Waals surface area contributed by atoms with Crippen LogP contribution in [0.15, 0.2) is 18.2 Å². The van der Waals surface area contributed by atoms with Crippen LogP contribution in [0.25, 0.3) is 0 Å². The van der Waals surface area contributed by atoms with Gasteiger partial charge >= 0.3 is 5.97 Å². The third-order valence-electron chi connectivity index (χ3n) is 5.45. The Labute approximate surface area is 172 Å². The van der Waals surface area contributed by atoms with Crippen LogP contribution in [0.2, 0.25) is 28.2 Å². The zero-order valence-electron chi connectivity index (χ0n) is 16.6. The average Bonchev–Trinajstić information content (AvgIpc) is 2.74. The lowest BCUT2D eigenvalue weighted by Crippen LogP contribution is -2.48. The van der Waals surface area contributed by atoms with Gasteiger partial charge in [-0.25, -0.2) is 4.79 Å². The lowest BCUT2D eigenvalue weighted by atomic mass is 9.98. The number of rotatable bonds is 6. The van der Waals surface area contributed by atoms with E-state index >= 15 is 0 Å². The zero-order valence-corrected chi connectivity index (χ0v) is 19.1. The summed E-state index contributed by atoms with van der Waals surface area (Å²) in [6.45, 7) is 12.2. The first-order valence-corrected chi connectivity index (χ1v) is 12.6. The second-order valence-electron chi connectivity index (χ2n) is 8.59. The Bertz CT molecular complexity index is 680. The van der Waals surface area contributed by atoms with Gasteiger partial charge in [-0.2, -0.15) is 0 Å². The molecular formula is C19H28Cl2O5Si. The van der Waals surface area contributed by atoms with Gasteiger partial charge in [-0.3, -0.25) is 0 Å². The standard InChI is InChI=1S/C19H28Cl2O5Si/c1-18(2,3)27(5,6)25-11-15-16(19(4,23)17(22)26-15)24-10-12-13(20)8-7-9-14(12)21/h7-9,15-16,23H,10-11H2,1-6H3/t15-,16-,19+/m1/s1. The van der Waals surface area contributed by atoms with Gasteiger partial charge in [0.25, 0.3) is 0 Å². The normalized spacial score (nSPS) is 26.3. The minimum Gasteiger partial charge on any atom is -0.455 e. The molecule has 1 aromatic rings. The van der Waals surface area contributed by atoms with Crippen molar-refractivity contribution in [1.82, 2.24) is 0 Å². The minimum atomic E-state index is -2.05. The molecule has 1 aromatic carbocycles. The highest BCUT2D eigenvalue weighted by Crippen LogP contribution is 2.38. The lowest BCUT2D eigenvalue weighted by molar-refractivity contribution is -0.156. The van der Waals surface area contributed by atoms with Gasteiger partial charge in [0, 0.05) is 15.6 Å². The molecule has 1 aliphatic heterocycles. The number of benzene rings is 1. The van der Waals surface area contributed by atoms with Crippen molar-refractivity contribution in [2.24, 2.45) is 0 Å². The number of hydrogen-bond donors (Lipinski definition) is 1. The summed E-state index contributed by atoms with van der Waals surface area (Å²) in [6.07, 6.45) is -1.59. The van der Waals surface area contributed by atoms with Crippen LogP contribution in [0.4, 0.5) is 0 Å². The van der Waals surface area contributed by atoms with Crippen LogP contribution in [0, 0.1) is 0 Å². The predicted molar refractivity (Wildman–Crippen MR) is 109 cm³/mol. The molecule has 0 unspecified atom stereocenters. The number of ether oxygens (including phenoxy) is 2. The monoisotopic (exact) mass is 434 g/mol. The number of carbonyl (C=O) groups excluding carboxylic acids is 1. The highest BCUT2D eigenvalue weighted by atomic mass is 35.5. The van der Waals surface area contributed by atoms with Crippen molar-refractivity contribution in [2.45, 2.75) is 70.2 Å². The van der Waals surface area contributed by atoms with E-state index in [0.29, 0.717) is 15.6 Å². The van der Waals surface area contributed by atoms with Crippen LogP contribution < -0.4 is 0 Å².